The molecular formula is C24H28N2O4. The zero-order valence-electron chi connectivity index (χ0n) is 17.7. The van der Waals surface area contributed by atoms with E-state index in [-0.39, 0.29) is 5.97 Å². The smallest absolute Gasteiger partial charge is 0.340 e. The molecule has 0 saturated carbocycles. The fraction of sp³-hybridized carbons (Fsp3) is 0.292. The van der Waals surface area contributed by atoms with E-state index < -0.39 is 0 Å². The Hall–Kier alpha value is -3.25. The summed E-state index contributed by atoms with van der Waals surface area (Å²) in [6.07, 6.45) is 2.82. The van der Waals surface area contributed by atoms with Crippen molar-refractivity contribution in [1.82, 2.24) is 9.88 Å². The fourth-order valence-corrected chi connectivity index (χ4v) is 3.35. The van der Waals surface area contributed by atoms with Crippen molar-refractivity contribution >= 4 is 5.97 Å². The van der Waals surface area contributed by atoms with Gasteiger partial charge in [0.15, 0.2) is 11.5 Å². The molecule has 6 nitrogen and oxygen atoms in total. The van der Waals surface area contributed by atoms with Gasteiger partial charge in [0.1, 0.15) is 0 Å². The maximum atomic E-state index is 12.3. The highest BCUT2D eigenvalue weighted by Crippen LogP contribution is 2.27. The summed E-state index contributed by atoms with van der Waals surface area (Å²) < 4.78 is 17.9. The maximum Gasteiger partial charge on any atom is 0.340 e. The summed E-state index contributed by atoms with van der Waals surface area (Å²) >= 11 is 0. The van der Waals surface area contributed by atoms with E-state index in [9.17, 15) is 4.79 Å². The van der Waals surface area contributed by atoms with Gasteiger partial charge in [0, 0.05) is 18.4 Å². The van der Waals surface area contributed by atoms with E-state index >= 15 is 0 Å². The highest BCUT2D eigenvalue weighted by molar-refractivity contribution is 5.93. The molecule has 0 spiro atoms. The molecule has 0 amide bonds. The molecule has 0 aliphatic rings. The summed E-state index contributed by atoms with van der Waals surface area (Å²) in [5.74, 6) is 1.15. The average molecular weight is 408 g/mol. The van der Waals surface area contributed by atoms with Crippen LogP contribution in [0, 0.1) is 0 Å². The van der Waals surface area contributed by atoms with Gasteiger partial charge in [-0.25, -0.2) is 4.79 Å². The Labute approximate surface area is 177 Å². The van der Waals surface area contributed by atoms with Crippen molar-refractivity contribution in [2.75, 3.05) is 27.4 Å². The number of carbonyl (C=O) groups is 1. The third kappa shape index (κ3) is 5.02. The summed E-state index contributed by atoms with van der Waals surface area (Å²) in [6, 6.07) is 17.5. The molecule has 3 rings (SSSR count). The third-order valence-corrected chi connectivity index (χ3v) is 4.84. The van der Waals surface area contributed by atoms with Gasteiger partial charge in [0.25, 0.3) is 0 Å². The van der Waals surface area contributed by atoms with Crippen LogP contribution in [0.1, 0.15) is 28.5 Å². The highest BCUT2D eigenvalue weighted by Gasteiger charge is 2.14. The van der Waals surface area contributed by atoms with E-state index in [2.05, 4.69) is 5.32 Å². The molecule has 0 aliphatic heterocycles. The van der Waals surface area contributed by atoms with Crippen LogP contribution in [0.5, 0.6) is 11.5 Å². The van der Waals surface area contributed by atoms with Crippen LogP contribution in [0.3, 0.4) is 0 Å². The van der Waals surface area contributed by atoms with Crippen LogP contribution >= 0.6 is 0 Å². The van der Waals surface area contributed by atoms with E-state index in [1.54, 1.807) is 20.3 Å². The molecule has 1 aromatic heterocycles. The lowest BCUT2D eigenvalue weighted by atomic mass is 10.1. The van der Waals surface area contributed by atoms with Crippen molar-refractivity contribution < 1.29 is 19.0 Å². The van der Waals surface area contributed by atoms with Crippen LogP contribution in [-0.2, 0) is 17.7 Å². The molecule has 0 aliphatic carbocycles. The van der Waals surface area contributed by atoms with Crippen molar-refractivity contribution in [3.63, 3.8) is 0 Å². The van der Waals surface area contributed by atoms with E-state index in [4.69, 9.17) is 14.2 Å². The molecular weight excluding hydrogens is 380 g/mol. The molecule has 0 bridgehead atoms. The standard InChI is InChI=1S/C24H28N2O4/c1-4-30-24(27)20-9-5-6-10-21(20)26-15-7-8-19(26)17-25-14-13-18-11-12-22(28-2)23(16-18)29-3/h5-12,15-16,25H,4,13-14,17H2,1-3H3. The summed E-state index contributed by atoms with van der Waals surface area (Å²) in [5, 5.41) is 3.48. The summed E-state index contributed by atoms with van der Waals surface area (Å²) in [4.78, 5) is 12.3. The number of rotatable bonds is 10. The number of methoxy groups -OCH3 is 2. The molecule has 1 N–H and O–H groups in total. The molecule has 0 atom stereocenters. The first kappa shape index (κ1) is 21.5. The van der Waals surface area contributed by atoms with Crippen LogP contribution in [0.2, 0.25) is 0 Å². The molecule has 6 heteroatoms. The third-order valence-electron chi connectivity index (χ3n) is 4.84. The topological polar surface area (TPSA) is 61.7 Å². The van der Waals surface area contributed by atoms with Gasteiger partial charge in [-0.05, 0) is 61.9 Å². The minimum Gasteiger partial charge on any atom is -0.493 e. The van der Waals surface area contributed by atoms with Gasteiger partial charge < -0.3 is 24.1 Å². The molecule has 2 aromatic carbocycles. The molecule has 30 heavy (non-hydrogen) atoms. The van der Waals surface area contributed by atoms with Gasteiger partial charge in [0.2, 0.25) is 0 Å². The van der Waals surface area contributed by atoms with Crippen LogP contribution in [0.4, 0.5) is 0 Å². The number of nitrogens with zero attached hydrogens (tertiary/aromatic N) is 1. The minimum absolute atomic E-state index is 0.311. The Bertz CT molecular complexity index is 981. The second-order valence-electron chi connectivity index (χ2n) is 6.72. The Kier molecular flexibility index (Phi) is 7.51. The van der Waals surface area contributed by atoms with Crippen LogP contribution in [-0.4, -0.2) is 37.9 Å². The van der Waals surface area contributed by atoms with E-state index in [0.717, 1.165) is 35.8 Å². The highest BCUT2D eigenvalue weighted by atomic mass is 16.5. The van der Waals surface area contributed by atoms with E-state index in [1.807, 2.05) is 66.2 Å². The van der Waals surface area contributed by atoms with E-state index in [0.29, 0.717) is 18.7 Å². The Morgan fingerprint density at radius 1 is 1.00 bits per heavy atom. The van der Waals surface area contributed by atoms with Gasteiger partial charge >= 0.3 is 5.97 Å². The van der Waals surface area contributed by atoms with Gasteiger partial charge in [-0.3, -0.25) is 0 Å². The van der Waals surface area contributed by atoms with Gasteiger partial charge in [0.05, 0.1) is 32.1 Å². The molecule has 158 valence electrons. The number of ether oxygens (including phenoxy) is 3. The molecule has 3 aromatic rings. The summed E-state index contributed by atoms with van der Waals surface area (Å²) in [5.41, 5.74) is 3.61. The zero-order valence-corrected chi connectivity index (χ0v) is 17.7. The first-order valence-corrected chi connectivity index (χ1v) is 10.0. The lowest BCUT2D eigenvalue weighted by Gasteiger charge is -2.14. The first-order valence-electron chi connectivity index (χ1n) is 10.0. The molecule has 1 heterocycles. The summed E-state index contributed by atoms with van der Waals surface area (Å²) in [6.45, 7) is 3.64. The Morgan fingerprint density at radius 2 is 1.80 bits per heavy atom. The predicted molar refractivity (Wildman–Crippen MR) is 117 cm³/mol. The van der Waals surface area contributed by atoms with Crippen LogP contribution in [0.15, 0.2) is 60.8 Å². The van der Waals surface area contributed by atoms with Gasteiger partial charge in [-0.1, -0.05) is 18.2 Å². The van der Waals surface area contributed by atoms with Gasteiger partial charge in [-0.15, -0.1) is 0 Å². The van der Waals surface area contributed by atoms with Crippen molar-refractivity contribution in [3.05, 3.63) is 77.6 Å². The lowest BCUT2D eigenvalue weighted by Crippen LogP contribution is -2.19. The number of carbonyl (C=O) groups excluding carboxylic acids is 1. The van der Waals surface area contributed by atoms with Gasteiger partial charge in [-0.2, -0.15) is 0 Å². The number of hydrogen-bond acceptors (Lipinski definition) is 5. The quantitative estimate of drug-likeness (QED) is 0.406. The number of aromatic nitrogens is 1. The number of benzene rings is 2. The van der Waals surface area contributed by atoms with Crippen LogP contribution in [0.25, 0.3) is 5.69 Å². The minimum atomic E-state index is -0.311. The van der Waals surface area contributed by atoms with Crippen molar-refractivity contribution in [3.8, 4) is 17.2 Å². The molecule has 0 fully saturated rings. The normalized spacial score (nSPS) is 10.6. The van der Waals surface area contributed by atoms with E-state index in [1.165, 1.54) is 5.56 Å². The maximum absolute atomic E-state index is 12.3. The summed E-state index contributed by atoms with van der Waals surface area (Å²) in [7, 11) is 3.27. The van der Waals surface area contributed by atoms with Crippen molar-refractivity contribution in [2.24, 2.45) is 0 Å². The molecule has 0 saturated heterocycles. The number of hydrogen-bond donors (Lipinski definition) is 1. The second kappa shape index (κ2) is 10.5. The first-order chi connectivity index (χ1) is 14.7. The Morgan fingerprint density at radius 3 is 2.57 bits per heavy atom. The number of para-hydroxylation sites is 1. The second-order valence-corrected chi connectivity index (χ2v) is 6.72. The predicted octanol–water partition coefficient (Wildman–Crippen LogP) is 4.00. The average Bonchev–Trinajstić information content (AvgIpc) is 3.25. The number of nitrogens with one attached hydrogen (secondary N) is 1. The number of esters is 1. The molecule has 0 radical (unpaired) electrons. The zero-order chi connectivity index (χ0) is 21.3. The Balaban J connectivity index is 1.64. The lowest BCUT2D eigenvalue weighted by molar-refractivity contribution is 0.0526. The SMILES string of the molecule is CCOC(=O)c1ccccc1-n1cccc1CNCCc1ccc(OC)c(OC)c1. The van der Waals surface area contributed by atoms with Crippen LogP contribution < -0.4 is 14.8 Å². The molecule has 0 unspecified atom stereocenters. The largest absolute Gasteiger partial charge is 0.493 e. The monoisotopic (exact) mass is 408 g/mol. The van der Waals surface area contributed by atoms with Crippen molar-refractivity contribution in [1.29, 1.82) is 0 Å². The van der Waals surface area contributed by atoms with Crippen molar-refractivity contribution in [2.45, 2.75) is 19.9 Å². The fourth-order valence-electron chi connectivity index (χ4n) is 3.35.